The molecule has 0 amide bonds. The summed E-state index contributed by atoms with van der Waals surface area (Å²) < 4.78 is 0. The highest BCUT2D eigenvalue weighted by atomic mass is 14.7. The Kier molecular flexibility index (Phi) is 0.786. The van der Waals surface area contributed by atoms with Crippen molar-refractivity contribution in [2.45, 2.75) is 6.92 Å². The van der Waals surface area contributed by atoms with Crippen LogP contribution in [0.2, 0.25) is 0 Å². The Hall–Kier alpha value is -0.525. The topological polar surface area (TPSA) is 12.4 Å². The number of rotatable bonds is 0. The molecule has 0 atom stereocenters. The fourth-order valence-corrected chi connectivity index (χ4v) is 0.456. The molecule has 0 aromatic carbocycles. The summed E-state index contributed by atoms with van der Waals surface area (Å²) in [6, 6.07) is 0. The summed E-state index contributed by atoms with van der Waals surface area (Å²) in [7, 11) is 1.06. The first-order chi connectivity index (χ1) is 2.89. The molecule has 0 fully saturated rings. The molecule has 0 aromatic heterocycles. The summed E-state index contributed by atoms with van der Waals surface area (Å²) >= 11 is 0. The van der Waals surface area contributed by atoms with Crippen LogP contribution in [0.4, 0.5) is 0 Å². The van der Waals surface area contributed by atoms with E-state index in [0.29, 0.717) is 0 Å². The molecule has 0 bridgehead atoms. The second-order valence-corrected chi connectivity index (χ2v) is 1.45. The second-order valence-electron chi connectivity index (χ2n) is 1.45. The first kappa shape index (κ1) is 3.66. The SMILES string of the molecule is CC1=NC=CB1. The molecule has 6 heavy (non-hydrogen) atoms. The van der Waals surface area contributed by atoms with Gasteiger partial charge in [-0.05, 0) is 12.5 Å². The molecule has 2 heteroatoms. The van der Waals surface area contributed by atoms with Crippen molar-refractivity contribution in [3.8, 4) is 0 Å². The summed E-state index contributed by atoms with van der Waals surface area (Å²) in [5.74, 6) is 2.05. The van der Waals surface area contributed by atoms with Crippen molar-refractivity contribution in [2.24, 2.45) is 4.99 Å². The van der Waals surface area contributed by atoms with E-state index in [1.807, 2.05) is 13.1 Å². The first-order valence-corrected chi connectivity index (χ1v) is 2.08. The summed E-state index contributed by atoms with van der Waals surface area (Å²) in [5.41, 5.74) is 1.22. The summed E-state index contributed by atoms with van der Waals surface area (Å²) in [5, 5.41) is 0. The van der Waals surface area contributed by atoms with Gasteiger partial charge in [-0.3, -0.25) is 4.99 Å². The molecule has 1 aliphatic rings. The van der Waals surface area contributed by atoms with Crippen molar-refractivity contribution in [3.05, 3.63) is 12.2 Å². The van der Waals surface area contributed by atoms with E-state index in [-0.39, 0.29) is 0 Å². The second kappa shape index (κ2) is 1.29. The van der Waals surface area contributed by atoms with Gasteiger partial charge in [0.25, 0.3) is 0 Å². The molecule has 0 radical (unpaired) electrons. The zero-order valence-electron chi connectivity index (χ0n) is 3.81. The summed E-state index contributed by atoms with van der Waals surface area (Å²) in [6.07, 6.45) is 1.84. The van der Waals surface area contributed by atoms with E-state index < -0.39 is 0 Å². The van der Waals surface area contributed by atoms with Crippen LogP contribution >= 0.6 is 0 Å². The Morgan fingerprint density at radius 3 is 2.83 bits per heavy atom. The number of aliphatic imine (C=N–C) groups is 1. The van der Waals surface area contributed by atoms with Crippen molar-refractivity contribution in [1.29, 1.82) is 0 Å². The van der Waals surface area contributed by atoms with Gasteiger partial charge in [-0.2, -0.15) is 0 Å². The van der Waals surface area contributed by atoms with Crippen LogP contribution in [0, 0.1) is 0 Å². The molecular formula is C4H6BN. The number of hydrogen-bond acceptors (Lipinski definition) is 1. The van der Waals surface area contributed by atoms with Crippen LogP contribution < -0.4 is 0 Å². The minimum absolute atomic E-state index is 1.06. The van der Waals surface area contributed by atoms with Gasteiger partial charge in [0.2, 0.25) is 7.28 Å². The van der Waals surface area contributed by atoms with Crippen LogP contribution in [0.5, 0.6) is 0 Å². The van der Waals surface area contributed by atoms with E-state index in [1.54, 1.807) is 0 Å². The van der Waals surface area contributed by atoms with Gasteiger partial charge in [-0.25, -0.2) is 0 Å². The molecule has 1 aliphatic heterocycles. The molecule has 0 saturated heterocycles. The van der Waals surface area contributed by atoms with E-state index in [2.05, 4.69) is 11.0 Å². The van der Waals surface area contributed by atoms with E-state index in [4.69, 9.17) is 0 Å². The van der Waals surface area contributed by atoms with Gasteiger partial charge < -0.3 is 0 Å². The van der Waals surface area contributed by atoms with Crippen molar-refractivity contribution in [1.82, 2.24) is 0 Å². The van der Waals surface area contributed by atoms with Gasteiger partial charge in [0.1, 0.15) is 0 Å². The largest absolute Gasteiger partial charge is 0.277 e. The van der Waals surface area contributed by atoms with Gasteiger partial charge in [0.15, 0.2) is 0 Å². The average Bonchev–Trinajstić information content (AvgIpc) is 1.86. The highest BCUT2D eigenvalue weighted by Crippen LogP contribution is 1.86. The van der Waals surface area contributed by atoms with Gasteiger partial charge in [-0.15, -0.1) is 0 Å². The Balaban J connectivity index is 2.61. The third-order valence-electron chi connectivity index (χ3n) is 0.814. The maximum atomic E-state index is 3.97. The van der Waals surface area contributed by atoms with Crippen molar-refractivity contribution in [2.75, 3.05) is 0 Å². The third kappa shape index (κ3) is 0.508. The molecule has 0 saturated carbocycles. The highest BCUT2D eigenvalue weighted by molar-refractivity contribution is 6.79. The van der Waals surface area contributed by atoms with E-state index in [0.717, 1.165) is 7.28 Å². The van der Waals surface area contributed by atoms with E-state index in [9.17, 15) is 0 Å². The maximum Gasteiger partial charge on any atom is 0.203 e. The lowest BCUT2D eigenvalue weighted by Gasteiger charge is -1.74. The van der Waals surface area contributed by atoms with Crippen LogP contribution in [0.15, 0.2) is 17.2 Å². The van der Waals surface area contributed by atoms with E-state index >= 15 is 0 Å². The molecule has 0 N–H and O–H groups in total. The standard InChI is InChI=1S/C4H6BN/c1-4-5-2-3-6-4/h2-3,5H,1H3. The molecule has 0 aromatic rings. The zero-order chi connectivity index (χ0) is 4.41. The summed E-state index contributed by atoms with van der Waals surface area (Å²) in [4.78, 5) is 3.97. The van der Waals surface area contributed by atoms with Gasteiger partial charge in [0.05, 0.1) is 0 Å². The van der Waals surface area contributed by atoms with Crippen molar-refractivity contribution in [3.63, 3.8) is 0 Å². The van der Waals surface area contributed by atoms with Crippen LogP contribution in [0.1, 0.15) is 6.92 Å². The normalized spacial score (nSPS) is 17.2. The molecule has 1 heterocycles. The Morgan fingerprint density at radius 2 is 2.67 bits per heavy atom. The quantitative estimate of drug-likeness (QED) is 0.371. The smallest absolute Gasteiger partial charge is 0.203 e. The lowest BCUT2D eigenvalue weighted by Crippen LogP contribution is -1.93. The fraction of sp³-hybridized carbons (Fsp3) is 0.250. The molecule has 1 rings (SSSR count). The lowest BCUT2D eigenvalue weighted by atomic mass is 9.75. The van der Waals surface area contributed by atoms with Crippen LogP contribution in [-0.4, -0.2) is 12.9 Å². The maximum absolute atomic E-state index is 3.97. The molecule has 30 valence electrons. The predicted molar refractivity (Wildman–Crippen MR) is 29.4 cm³/mol. The Labute approximate surface area is 38.0 Å². The fourth-order valence-electron chi connectivity index (χ4n) is 0.456. The first-order valence-electron chi connectivity index (χ1n) is 2.08. The molecule has 1 nitrogen and oxygen atoms in total. The van der Waals surface area contributed by atoms with Gasteiger partial charge >= 0.3 is 0 Å². The minimum Gasteiger partial charge on any atom is -0.277 e. The van der Waals surface area contributed by atoms with Crippen LogP contribution in [0.3, 0.4) is 0 Å². The van der Waals surface area contributed by atoms with Crippen LogP contribution in [0.25, 0.3) is 0 Å². The van der Waals surface area contributed by atoms with Crippen LogP contribution in [-0.2, 0) is 0 Å². The van der Waals surface area contributed by atoms with Crippen molar-refractivity contribution < 1.29 is 0 Å². The number of nitrogens with zero attached hydrogens (tertiary/aromatic N) is 1. The molecule has 0 aliphatic carbocycles. The molecule has 0 spiro atoms. The van der Waals surface area contributed by atoms with Crippen molar-refractivity contribution >= 4 is 12.9 Å². The van der Waals surface area contributed by atoms with Gasteiger partial charge in [-0.1, -0.05) is 5.98 Å². The Bertz CT molecular complexity index is 104. The molecular weight excluding hydrogens is 72.9 g/mol. The monoisotopic (exact) mass is 79.1 g/mol. The Morgan fingerprint density at radius 1 is 1.83 bits per heavy atom. The minimum atomic E-state index is 1.06. The summed E-state index contributed by atoms with van der Waals surface area (Å²) in [6.45, 7) is 2.03. The third-order valence-corrected chi connectivity index (χ3v) is 0.814. The van der Waals surface area contributed by atoms with Gasteiger partial charge in [0, 0.05) is 6.20 Å². The zero-order valence-corrected chi connectivity index (χ0v) is 3.81. The number of hydrogen-bond donors (Lipinski definition) is 0. The predicted octanol–water partition coefficient (Wildman–Crippen LogP) is 0.326. The highest BCUT2D eigenvalue weighted by Gasteiger charge is 1.91. The lowest BCUT2D eigenvalue weighted by molar-refractivity contribution is 1.60. The molecule has 0 unspecified atom stereocenters. The van der Waals surface area contributed by atoms with E-state index in [1.165, 1.54) is 5.61 Å². The average molecular weight is 78.9 g/mol.